The number of benzene rings is 1. The van der Waals surface area contributed by atoms with Crippen molar-refractivity contribution in [3.8, 4) is 0 Å². The van der Waals surface area contributed by atoms with Crippen LogP contribution in [0.1, 0.15) is 22.5 Å². The van der Waals surface area contributed by atoms with E-state index >= 15 is 0 Å². The Hall–Kier alpha value is -1.69. The van der Waals surface area contributed by atoms with Crippen molar-refractivity contribution < 1.29 is 14.3 Å². The van der Waals surface area contributed by atoms with Crippen LogP contribution in [0.5, 0.6) is 0 Å². The third-order valence-electron chi connectivity index (χ3n) is 3.21. The summed E-state index contributed by atoms with van der Waals surface area (Å²) in [6.07, 6.45) is -0.0536. The van der Waals surface area contributed by atoms with Gasteiger partial charge in [-0.3, -0.25) is 9.48 Å². The van der Waals surface area contributed by atoms with E-state index in [1.165, 1.54) is 6.07 Å². The predicted molar refractivity (Wildman–Crippen MR) is 76.2 cm³/mol. The number of carboxylic acid groups (broad SMARTS) is 1. The van der Waals surface area contributed by atoms with E-state index in [-0.39, 0.29) is 12.2 Å². The Bertz CT molecular complexity index is 667. The monoisotopic (exact) mass is 340 g/mol. The zero-order valence-corrected chi connectivity index (χ0v) is 12.7. The van der Waals surface area contributed by atoms with Gasteiger partial charge in [0.15, 0.2) is 0 Å². The Morgan fingerprint density at radius 2 is 2.15 bits per heavy atom. The number of aryl methyl sites for hydroxylation is 1. The second-order valence-corrected chi connectivity index (χ2v) is 5.38. The highest BCUT2D eigenvalue weighted by Crippen LogP contribution is 2.23. The van der Waals surface area contributed by atoms with Gasteiger partial charge in [-0.2, -0.15) is 5.10 Å². The molecule has 2 rings (SSSR count). The molecule has 0 amide bonds. The maximum Gasteiger partial charge on any atom is 0.307 e. The van der Waals surface area contributed by atoms with Crippen LogP contribution in [0.4, 0.5) is 4.39 Å². The lowest BCUT2D eigenvalue weighted by molar-refractivity contribution is -0.136. The molecule has 0 aliphatic heterocycles. The van der Waals surface area contributed by atoms with Crippen molar-refractivity contribution in [1.29, 1.82) is 0 Å². The molecule has 0 fully saturated rings. The van der Waals surface area contributed by atoms with Crippen molar-refractivity contribution in [1.82, 2.24) is 9.78 Å². The van der Waals surface area contributed by atoms with Gasteiger partial charge in [0.05, 0.1) is 23.1 Å². The Balaban J connectivity index is 2.35. The van der Waals surface area contributed by atoms with Crippen LogP contribution < -0.4 is 0 Å². The van der Waals surface area contributed by atoms with Crippen LogP contribution in [-0.4, -0.2) is 20.9 Å². The standard InChI is InChI=1S/C14H14BrFN2O2/c1-8-11(6-13(19)20)9(2)18(17-8)7-10-4-3-5-12(16)14(10)15/h3-5H,6-7H2,1-2H3,(H,19,20). The van der Waals surface area contributed by atoms with E-state index in [9.17, 15) is 9.18 Å². The van der Waals surface area contributed by atoms with E-state index < -0.39 is 5.97 Å². The maximum atomic E-state index is 13.5. The summed E-state index contributed by atoms with van der Waals surface area (Å²) in [6.45, 7) is 4.00. The lowest BCUT2D eigenvalue weighted by Crippen LogP contribution is -2.07. The van der Waals surface area contributed by atoms with Gasteiger partial charge in [-0.05, 0) is 41.4 Å². The molecule has 1 N–H and O–H groups in total. The minimum absolute atomic E-state index is 0.0536. The summed E-state index contributed by atoms with van der Waals surface area (Å²) in [5.74, 6) is -1.21. The summed E-state index contributed by atoms with van der Waals surface area (Å²) in [7, 11) is 0. The van der Waals surface area contributed by atoms with Crippen LogP contribution in [0.3, 0.4) is 0 Å². The largest absolute Gasteiger partial charge is 0.481 e. The van der Waals surface area contributed by atoms with Crippen LogP contribution >= 0.6 is 15.9 Å². The van der Waals surface area contributed by atoms with E-state index in [0.717, 1.165) is 11.3 Å². The molecule has 2 aromatic rings. The molecule has 0 aliphatic rings. The Morgan fingerprint density at radius 3 is 2.80 bits per heavy atom. The highest BCUT2D eigenvalue weighted by Gasteiger charge is 2.15. The summed E-state index contributed by atoms with van der Waals surface area (Å²) in [5.41, 5.74) is 2.96. The molecule has 0 saturated carbocycles. The fourth-order valence-corrected chi connectivity index (χ4v) is 2.52. The fourth-order valence-electron chi connectivity index (χ4n) is 2.13. The predicted octanol–water partition coefficient (Wildman–Crippen LogP) is 3.08. The van der Waals surface area contributed by atoms with Gasteiger partial charge >= 0.3 is 5.97 Å². The van der Waals surface area contributed by atoms with Crippen LogP contribution in [0.25, 0.3) is 0 Å². The van der Waals surface area contributed by atoms with Crippen LogP contribution in [0.15, 0.2) is 22.7 Å². The van der Waals surface area contributed by atoms with E-state index in [1.54, 1.807) is 23.7 Å². The molecule has 0 saturated heterocycles. The molecular formula is C14H14BrFN2O2. The highest BCUT2D eigenvalue weighted by molar-refractivity contribution is 9.10. The number of hydrogen-bond acceptors (Lipinski definition) is 2. The molecular weight excluding hydrogens is 327 g/mol. The Labute approximate surface area is 124 Å². The molecule has 0 spiro atoms. The van der Waals surface area contributed by atoms with Gasteiger partial charge in [-0.1, -0.05) is 12.1 Å². The summed E-state index contributed by atoms with van der Waals surface area (Å²) >= 11 is 3.22. The smallest absolute Gasteiger partial charge is 0.307 e. The van der Waals surface area contributed by atoms with Crippen molar-refractivity contribution >= 4 is 21.9 Å². The summed E-state index contributed by atoms with van der Waals surface area (Å²) in [6, 6.07) is 4.82. The molecule has 0 aliphatic carbocycles. The van der Waals surface area contributed by atoms with Gasteiger partial charge < -0.3 is 5.11 Å². The molecule has 1 aromatic heterocycles. The molecule has 6 heteroatoms. The number of aromatic nitrogens is 2. The number of nitrogens with zero attached hydrogens (tertiary/aromatic N) is 2. The van der Waals surface area contributed by atoms with Crippen LogP contribution in [0, 0.1) is 19.7 Å². The number of carboxylic acids is 1. The molecule has 0 radical (unpaired) electrons. The molecule has 0 unspecified atom stereocenters. The third-order valence-corrected chi connectivity index (χ3v) is 4.10. The molecule has 1 heterocycles. The molecule has 106 valence electrons. The van der Waals surface area contributed by atoms with Gasteiger partial charge in [-0.25, -0.2) is 4.39 Å². The van der Waals surface area contributed by atoms with Gasteiger partial charge in [0.2, 0.25) is 0 Å². The first-order valence-corrected chi connectivity index (χ1v) is 6.87. The average molecular weight is 341 g/mol. The van der Waals surface area contributed by atoms with E-state index in [1.807, 2.05) is 6.92 Å². The van der Waals surface area contributed by atoms with Gasteiger partial charge in [0.1, 0.15) is 5.82 Å². The molecule has 1 aromatic carbocycles. The van der Waals surface area contributed by atoms with Gasteiger partial charge in [0.25, 0.3) is 0 Å². The molecule has 0 bridgehead atoms. The van der Waals surface area contributed by atoms with Crippen molar-refractivity contribution in [2.24, 2.45) is 0 Å². The second kappa shape index (κ2) is 5.75. The topological polar surface area (TPSA) is 55.1 Å². The van der Waals surface area contributed by atoms with Crippen molar-refractivity contribution in [3.05, 3.63) is 51.0 Å². The first-order chi connectivity index (χ1) is 9.40. The Kier molecular flexibility index (Phi) is 4.23. The summed E-state index contributed by atoms with van der Waals surface area (Å²) in [4.78, 5) is 10.8. The van der Waals surface area contributed by atoms with E-state index in [0.29, 0.717) is 22.3 Å². The second-order valence-electron chi connectivity index (χ2n) is 4.59. The average Bonchev–Trinajstić information content (AvgIpc) is 2.62. The zero-order valence-electron chi connectivity index (χ0n) is 11.2. The summed E-state index contributed by atoms with van der Waals surface area (Å²) < 4.78 is 15.6. The fraction of sp³-hybridized carbons (Fsp3) is 0.286. The number of rotatable bonds is 4. The molecule has 0 atom stereocenters. The maximum absolute atomic E-state index is 13.5. The normalized spacial score (nSPS) is 10.8. The minimum Gasteiger partial charge on any atom is -0.481 e. The van der Waals surface area contributed by atoms with Crippen LogP contribution in [0.2, 0.25) is 0 Å². The van der Waals surface area contributed by atoms with E-state index in [4.69, 9.17) is 5.11 Å². The van der Waals surface area contributed by atoms with Crippen LogP contribution in [-0.2, 0) is 17.8 Å². The van der Waals surface area contributed by atoms with Crippen molar-refractivity contribution in [2.75, 3.05) is 0 Å². The van der Waals surface area contributed by atoms with Crippen molar-refractivity contribution in [2.45, 2.75) is 26.8 Å². The zero-order chi connectivity index (χ0) is 14.9. The van der Waals surface area contributed by atoms with Gasteiger partial charge in [-0.15, -0.1) is 0 Å². The SMILES string of the molecule is Cc1nn(Cc2cccc(F)c2Br)c(C)c1CC(=O)O. The van der Waals surface area contributed by atoms with Gasteiger partial charge in [0, 0.05) is 11.3 Å². The lowest BCUT2D eigenvalue weighted by atomic mass is 10.1. The first-order valence-electron chi connectivity index (χ1n) is 6.07. The van der Waals surface area contributed by atoms with Crippen molar-refractivity contribution in [3.63, 3.8) is 0 Å². The quantitative estimate of drug-likeness (QED) is 0.930. The third kappa shape index (κ3) is 2.90. The number of aliphatic carboxylic acids is 1. The molecule has 20 heavy (non-hydrogen) atoms. The summed E-state index contributed by atoms with van der Waals surface area (Å²) in [5, 5.41) is 13.2. The number of halogens is 2. The number of carbonyl (C=O) groups is 1. The Morgan fingerprint density at radius 1 is 1.45 bits per heavy atom. The lowest BCUT2D eigenvalue weighted by Gasteiger charge is -2.08. The minimum atomic E-state index is -0.886. The molecule has 4 nitrogen and oxygen atoms in total. The number of hydrogen-bond donors (Lipinski definition) is 1. The highest BCUT2D eigenvalue weighted by atomic mass is 79.9. The first kappa shape index (κ1) is 14.7. The van der Waals surface area contributed by atoms with E-state index in [2.05, 4.69) is 21.0 Å².